The van der Waals surface area contributed by atoms with E-state index in [1.165, 1.54) is 31.2 Å². The molecule has 1 aromatic rings. The van der Waals surface area contributed by atoms with Gasteiger partial charge < -0.3 is 14.9 Å². The predicted octanol–water partition coefficient (Wildman–Crippen LogP) is 4.12. The van der Waals surface area contributed by atoms with E-state index in [9.17, 15) is 14.6 Å². The molecule has 0 saturated heterocycles. The van der Waals surface area contributed by atoms with Crippen LogP contribution in [-0.2, 0) is 10.3 Å². The van der Waals surface area contributed by atoms with Crippen molar-refractivity contribution in [2.24, 2.45) is 0 Å². The number of halogens is 3. The van der Waals surface area contributed by atoms with Crippen molar-refractivity contribution in [3.05, 3.63) is 68.8 Å². The Kier molecular flexibility index (Phi) is 4.69. The highest BCUT2D eigenvalue weighted by molar-refractivity contribution is 9.11. The highest BCUT2D eigenvalue weighted by Crippen LogP contribution is 2.34. The Labute approximate surface area is 135 Å². The first kappa shape index (κ1) is 16.0. The minimum atomic E-state index is -1.37. The lowest BCUT2D eigenvalue weighted by Crippen LogP contribution is -2.31. The van der Waals surface area contributed by atoms with Gasteiger partial charge in [0.15, 0.2) is 16.2 Å². The third-order valence-corrected chi connectivity index (χ3v) is 3.86. The first-order chi connectivity index (χ1) is 9.87. The van der Waals surface area contributed by atoms with Crippen LogP contribution in [0.5, 0.6) is 0 Å². The van der Waals surface area contributed by atoms with Gasteiger partial charge in [-0.05, 0) is 19.1 Å². The second-order valence-electron chi connectivity index (χ2n) is 4.63. The van der Waals surface area contributed by atoms with Crippen LogP contribution >= 0.6 is 27.5 Å². The number of hydrogen-bond acceptors (Lipinski definition) is 3. The summed E-state index contributed by atoms with van der Waals surface area (Å²) in [5, 5.41) is 19.8. The Morgan fingerprint density at radius 2 is 2.19 bits per heavy atom. The lowest BCUT2D eigenvalue weighted by molar-refractivity contribution is -0.0337. The molecule has 6 heteroatoms. The lowest BCUT2D eigenvalue weighted by Gasteiger charge is -2.27. The van der Waals surface area contributed by atoms with E-state index < -0.39 is 18.0 Å². The summed E-state index contributed by atoms with van der Waals surface area (Å²) >= 11 is 8.86. The number of allylic oxidation sites excluding steroid dienone is 4. The summed E-state index contributed by atoms with van der Waals surface area (Å²) in [5.74, 6) is -0.671. The molecule has 1 atom stereocenters. The van der Waals surface area contributed by atoms with E-state index in [-0.39, 0.29) is 22.1 Å². The van der Waals surface area contributed by atoms with Crippen LogP contribution in [0.2, 0.25) is 5.02 Å². The molecule has 21 heavy (non-hydrogen) atoms. The Balaban J connectivity index is 2.41. The van der Waals surface area contributed by atoms with Crippen LogP contribution in [-0.4, -0.2) is 16.8 Å². The van der Waals surface area contributed by atoms with E-state index >= 15 is 0 Å². The molecule has 0 heterocycles. The van der Waals surface area contributed by atoms with Gasteiger partial charge in [0.2, 0.25) is 0 Å². The minimum Gasteiger partial charge on any atom is -0.484 e. The highest BCUT2D eigenvalue weighted by Gasteiger charge is 2.36. The highest BCUT2D eigenvalue weighted by atomic mass is 79.9. The fraction of sp³-hybridized carbons (Fsp3) is 0.200. The summed E-state index contributed by atoms with van der Waals surface area (Å²) in [6.45, 7) is 1.02. The third-order valence-electron chi connectivity index (χ3n) is 3.02. The van der Waals surface area contributed by atoms with Crippen LogP contribution in [0.25, 0.3) is 0 Å². The summed E-state index contributed by atoms with van der Waals surface area (Å²) in [7, 11) is 0. The standard InChI is InChI=1S/C15H11BrClFO3/c1-15(8-19,10-6-5-9(17)7-12(10)18)21-13-4-2-3-11(16)14(13)20/h3-7,19H,8H2,1H3/p+1. The zero-order valence-corrected chi connectivity index (χ0v) is 13.4. The molecule has 0 aromatic heterocycles. The lowest BCUT2D eigenvalue weighted by atomic mass is 9.95. The Morgan fingerprint density at radius 3 is 2.81 bits per heavy atom. The molecule has 2 N–H and O–H groups in total. The molecule has 0 aliphatic heterocycles. The summed E-state index contributed by atoms with van der Waals surface area (Å²) < 4.78 is 20.1. The summed E-state index contributed by atoms with van der Waals surface area (Å²) in [5.41, 5.74) is -1.24. The fourth-order valence-electron chi connectivity index (χ4n) is 1.86. The van der Waals surface area contributed by atoms with Crippen molar-refractivity contribution >= 4 is 27.5 Å². The van der Waals surface area contributed by atoms with Crippen molar-refractivity contribution < 1.29 is 19.3 Å². The quantitative estimate of drug-likeness (QED) is 0.779. The SMILES string of the molecule is CC(CO)(OC1=C(O)C(Br)=C[C+]=C1)c1ccc(Cl)cc1F. The van der Waals surface area contributed by atoms with E-state index in [0.29, 0.717) is 4.48 Å². The summed E-state index contributed by atoms with van der Waals surface area (Å²) in [6, 6.07) is 4.08. The molecule has 2 rings (SSSR count). The first-order valence-electron chi connectivity index (χ1n) is 6.01. The third kappa shape index (κ3) is 3.27. The Hall–Kier alpha value is -1.39. The number of rotatable bonds is 4. The Bertz CT molecular complexity index is 654. The van der Waals surface area contributed by atoms with E-state index in [1.807, 2.05) is 0 Å². The van der Waals surface area contributed by atoms with Crippen LogP contribution in [0, 0.1) is 11.9 Å². The van der Waals surface area contributed by atoms with E-state index in [4.69, 9.17) is 16.3 Å². The van der Waals surface area contributed by atoms with Crippen LogP contribution in [0.1, 0.15) is 12.5 Å². The zero-order chi connectivity index (χ0) is 15.6. The molecule has 0 fully saturated rings. The second kappa shape index (κ2) is 6.16. The first-order valence-corrected chi connectivity index (χ1v) is 7.18. The monoisotopic (exact) mass is 373 g/mol. The molecule has 1 aliphatic rings. The minimum absolute atomic E-state index is 0.0790. The van der Waals surface area contributed by atoms with Gasteiger partial charge >= 0.3 is 0 Å². The zero-order valence-electron chi connectivity index (χ0n) is 11.0. The van der Waals surface area contributed by atoms with Gasteiger partial charge in [-0.15, -0.1) is 0 Å². The van der Waals surface area contributed by atoms with Gasteiger partial charge in [-0.25, -0.2) is 4.39 Å². The van der Waals surface area contributed by atoms with E-state index in [1.54, 1.807) is 0 Å². The molecule has 0 radical (unpaired) electrons. The maximum absolute atomic E-state index is 14.1. The molecule has 0 amide bonds. The molecule has 110 valence electrons. The molecule has 3 nitrogen and oxygen atoms in total. The fourth-order valence-corrected chi connectivity index (χ4v) is 2.34. The van der Waals surface area contributed by atoms with Crippen LogP contribution in [0.4, 0.5) is 4.39 Å². The van der Waals surface area contributed by atoms with Gasteiger partial charge in [-0.2, -0.15) is 0 Å². The molecule has 1 aromatic carbocycles. The number of hydrogen-bond donors (Lipinski definition) is 2. The molecule has 1 aliphatic carbocycles. The number of aliphatic hydroxyl groups excluding tert-OH is 2. The van der Waals surface area contributed by atoms with Crippen molar-refractivity contribution in [3.8, 4) is 0 Å². The van der Waals surface area contributed by atoms with Gasteiger partial charge in [0.25, 0.3) is 11.5 Å². The summed E-state index contributed by atoms with van der Waals surface area (Å²) in [6.07, 6.45) is 5.68. The van der Waals surface area contributed by atoms with Crippen molar-refractivity contribution in [1.82, 2.24) is 0 Å². The van der Waals surface area contributed by atoms with Crippen molar-refractivity contribution in [1.29, 1.82) is 0 Å². The van der Waals surface area contributed by atoms with E-state index in [0.717, 1.165) is 6.07 Å². The number of benzene rings is 1. The van der Waals surface area contributed by atoms with Crippen molar-refractivity contribution in [2.75, 3.05) is 6.61 Å². The topological polar surface area (TPSA) is 49.7 Å². The maximum Gasteiger partial charge on any atom is 0.290 e. The average molecular weight is 375 g/mol. The second-order valence-corrected chi connectivity index (χ2v) is 5.92. The summed E-state index contributed by atoms with van der Waals surface area (Å²) in [4.78, 5) is 0. The van der Waals surface area contributed by atoms with Crippen LogP contribution in [0.15, 0.2) is 46.4 Å². The van der Waals surface area contributed by atoms with Gasteiger partial charge in [-0.1, -0.05) is 17.7 Å². The van der Waals surface area contributed by atoms with Gasteiger partial charge in [0.1, 0.15) is 11.9 Å². The van der Waals surface area contributed by atoms with Gasteiger partial charge in [0, 0.05) is 32.6 Å². The molecule has 0 spiro atoms. The molecule has 0 bridgehead atoms. The molecule has 1 unspecified atom stereocenters. The van der Waals surface area contributed by atoms with Crippen molar-refractivity contribution in [2.45, 2.75) is 12.5 Å². The number of aliphatic hydroxyl groups is 2. The average Bonchev–Trinajstić information content (AvgIpc) is 2.43. The largest absolute Gasteiger partial charge is 0.484 e. The molecular formula is C15H12BrClFO3+. The van der Waals surface area contributed by atoms with Gasteiger partial charge in [0.05, 0.1) is 6.61 Å². The normalized spacial score (nSPS) is 17.1. The smallest absolute Gasteiger partial charge is 0.290 e. The van der Waals surface area contributed by atoms with Gasteiger partial charge in [-0.3, -0.25) is 0 Å². The predicted molar refractivity (Wildman–Crippen MR) is 81.4 cm³/mol. The number of ether oxygens (including phenoxy) is 1. The molecule has 0 saturated carbocycles. The van der Waals surface area contributed by atoms with Crippen LogP contribution < -0.4 is 0 Å². The Morgan fingerprint density at radius 1 is 1.48 bits per heavy atom. The van der Waals surface area contributed by atoms with Crippen molar-refractivity contribution in [3.63, 3.8) is 0 Å². The van der Waals surface area contributed by atoms with E-state index in [2.05, 4.69) is 22.0 Å². The molecular weight excluding hydrogens is 363 g/mol. The van der Waals surface area contributed by atoms with Crippen LogP contribution in [0.3, 0.4) is 0 Å². The maximum atomic E-state index is 14.1.